The summed E-state index contributed by atoms with van der Waals surface area (Å²) in [4.78, 5) is 14.3. The third-order valence-electron chi connectivity index (χ3n) is 0.758. The number of nitrogens with zero attached hydrogens (tertiary/aromatic N) is 1. The van der Waals surface area contributed by atoms with Crippen LogP contribution in [0, 0.1) is 12.3 Å². The molecule has 0 atom stereocenters. The summed E-state index contributed by atoms with van der Waals surface area (Å²) in [6.45, 7) is 0. The van der Waals surface area contributed by atoms with Gasteiger partial charge in [-0.15, -0.1) is 17.8 Å². The number of aromatic nitrogens is 1. The van der Waals surface area contributed by atoms with Crippen LogP contribution in [-0.2, 0) is 0 Å². The highest BCUT2D eigenvalue weighted by Crippen LogP contribution is 2.02. The largest absolute Gasteiger partial charge is 0.277 e. The fraction of sp³-hybridized carbons (Fsp3) is 0. The lowest BCUT2D eigenvalue weighted by molar-refractivity contribution is 0.105. The average molecular weight is 137 g/mol. The van der Waals surface area contributed by atoms with E-state index < -0.39 is 0 Å². The van der Waals surface area contributed by atoms with Crippen LogP contribution < -0.4 is 0 Å². The molecule has 0 unspecified atom stereocenters. The first kappa shape index (κ1) is 5.99. The van der Waals surface area contributed by atoms with Crippen LogP contribution in [0.3, 0.4) is 0 Å². The first-order valence-electron chi connectivity index (χ1n) is 2.25. The SMILES string of the molecule is C#CC(=O)c1nccs1. The number of hydrogen-bond acceptors (Lipinski definition) is 3. The fourth-order valence-corrected chi connectivity index (χ4v) is 0.936. The van der Waals surface area contributed by atoms with Crippen LogP contribution >= 0.6 is 11.3 Å². The summed E-state index contributed by atoms with van der Waals surface area (Å²) in [5, 5.41) is 2.10. The Morgan fingerprint density at radius 2 is 2.67 bits per heavy atom. The van der Waals surface area contributed by atoms with Crippen molar-refractivity contribution in [1.82, 2.24) is 4.98 Å². The highest BCUT2D eigenvalue weighted by atomic mass is 32.1. The molecule has 0 amide bonds. The van der Waals surface area contributed by atoms with Crippen LogP contribution in [0.5, 0.6) is 0 Å². The van der Waals surface area contributed by atoms with E-state index in [-0.39, 0.29) is 5.78 Å². The Labute approximate surface area is 56.5 Å². The maximum atomic E-state index is 10.6. The minimum absolute atomic E-state index is 0.343. The van der Waals surface area contributed by atoms with Gasteiger partial charge in [-0.25, -0.2) is 4.98 Å². The third kappa shape index (κ3) is 1.15. The first-order valence-corrected chi connectivity index (χ1v) is 3.13. The molecule has 44 valence electrons. The molecule has 1 aromatic rings. The minimum atomic E-state index is -0.343. The normalized spacial score (nSPS) is 8.33. The maximum absolute atomic E-state index is 10.6. The van der Waals surface area contributed by atoms with E-state index in [1.807, 2.05) is 5.92 Å². The number of terminal acetylenes is 1. The molecule has 0 radical (unpaired) electrons. The zero-order valence-corrected chi connectivity index (χ0v) is 5.31. The Hall–Kier alpha value is -1.14. The van der Waals surface area contributed by atoms with Gasteiger partial charge in [-0.3, -0.25) is 4.79 Å². The number of hydrogen-bond donors (Lipinski definition) is 0. The first-order chi connectivity index (χ1) is 4.34. The van der Waals surface area contributed by atoms with Gasteiger partial charge in [-0.05, 0) is 5.92 Å². The molecule has 0 saturated heterocycles. The van der Waals surface area contributed by atoms with E-state index in [9.17, 15) is 4.79 Å². The molecule has 0 aliphatic rings. The second-order valence-corrected chi connectivity index (χ2v) is 2.21. The molecule has 3 heteroatoms. The van der Waals surface area contributed by atoms with Gasteiger partial charge in [0, 0.05) is 11.6 Å². The van der Waals surface area contributed by atoms with Crippen molar-refractivity contribution >= 4 is 17.1 Å². The van der Waals surface area contributed by atoms with Crippen molar-refractivity contribution in [3.8, 4) is 12.3 Å². The number of rotatable bonds is 1. The molecular weight excluding hydrogens is 134 g/mol. The van der Waals surface area contributed by atoms with Gasteiger partial charge in [0.2, 0.25) is 0 Å². The van der Waals surface area contributed by atoms with Crippen LogP contribution in [0.2, 0.25) is 0 Å². The lowest BCUT2D eigenvalue weighted by atomic mass is 10.4. The Bertz CT molecular complexity index is 245. The van der Waals surface area contributed by atoms with E-state index in [1.165, 1.54) is 11.3 Å². The molecule has 0 aromatic carbocycles. The molecule has 0 aliphatic carbocycles. The fourth-order valence-electron chi connectivity index (χ4n) is 0.397. The lowest BCUT2D eigenvalue weighted by Crippen LogP contribution is -1.90. The molecule has 0 aliphatic heterocycles. The standard InChI is InChI=1S/C6H3NOS/c1-2-5(8)6-7-3-4-9-6/h1,3-4H. The van der Waals surface area contributed by atoms with Crippen LogP contribution in [0.15, 0.2) is 11.6 Å². The Morgan fingerprint density at radius 1 is 1.89 bits per heavy atom. The Kier molecular flexibility index (Phi) is 1.61. The van der Waals surface area contributed by atoms with Crippen molar-refractivity contribution in [2.45, 2.75) is 0 Å². The summed E-state index contributed by atoms with van der Waals surface area (Å²) in [6, 6.07) is 0. The molecule has 0 N–H and O–H groups in total. The van der Waals surface area contributed by atoms with Crippen molar-refractivity contribution in [3.05, 3.63) is 16.6 Å². The number of thiazole rings is 1. The van der Waals surface area contributed by atoms with Crippen LogP contribution in [0.25, 0.3) is 0 Å². The number of ketones is 1. The van der Waals surface area contributed by atoms with Gasteiger partial charge in [0.15, 0.2) is 5.01 Å². The second-order valence-electron chi connectivity index (χ2n) is 1.31. The van der Waals surface area contributed by atoms with Gasteiger partial charge in [0.05, 0.1) is 0 Å². The van der Waals surface area contributed by atoms with Crippen molar-refractivity contribution in [2.75, 3.05) is 0 Å². The zero-order valence-electron chi connectivity index (χ0n) is 4.50. The third-order valence-corrected chi connectivity index (χ3v) is 1.53. The van der Waals surface area contributed by atoms with Gasteiger partial charge in [-0.2, -0.15) is 0 Å². The van der Waals surface area contributed by atoms with Crippen LogP contribution in [0.4, 0.5) is 0 Å². The highest BCUT2D eigenvalue weighted by Gasteiger charge is 2.01. The zero-order chi connectivity index (χ0) is 6.69. The summed E-state index contributed by atoms with van der Waals surface area (Å²) in [6.07, 6.45) is 6.38. The number of Topliss-reactive ketones (excluding diaryl/α,β-unsaturated/α-hetero) is 1. The molecule has 0 fully saturated rings. The predicted octanol–water partition coefficient (Wildman–Crippen LogP) is 0.959. The molecule has 1 aromatic heterocycles. The van der Waals surface area contributed by atoms with Crippen LogP contribution in [0.1, 0.15) is 9.80 Å². The van der Waals surface area contributed by atoms with Gasteiger partial charge in [0.25, 0.3) is 5.78 Å². The minimum Gasteiger partial charge on any atom is -0.277 e. The molecule has 1 rings (SSSR count). The van der Waals surface area contributed by atoms with Crippen molar-refractivity contribution in [1.29, 1.82) is 0 Å². The average Bonchev–Trinajstić information content (AvgIpc) is 2.37. The summed E-state index contributed by atoms with van der Waals surface area (Å²) >= 11 is 1.25. The molecule has 0 bridgehead atoms. The highest BCUT2D eigenvalue weighted by molar-refractivity contribution is 7.11. The van der Waals surface area contributed by atoms with Gasteiger partial charge >= 0.3 is 0 Å². The van der Waals surface area contributed by atoms with Crippen LogP contribution in [-0.4, -0.2) is 10.8 Å². The van der Waals surface area contributed by atoms with E-state index in [0.29, 0.717) is 5.01 Å². The summed E-state index contributed by atoms with van der Waals surface area (Å²) < 4.78 is 0. The quantitative estimate of drug-likeness (QED) is 0.328. The smallest absolute Gasteiger partial charge is 0.264 e. The Morgan fingerprint density at radius 3 is 3.11 bits per heavy atom. The summed E-state index contributed by atoms with van der Waals surface area (Å²) in [5.74, 6) is 1.63. The summed E-state index contributed by atoms with van der Waals surface area (Å²) in [5.41, 5.74) is 0. The number of carbonyl (C=O) groups is 1. The van der Waals surface area contributed by atoms with Gasteiger partial charge in [0.1, 0.15) is 0 Å². The Balaban J connectivity index is 2.93. The van der Waals surface area contributed by atoms with E-state index in [0.717, 1.165) is 0 Å². The van der Waals surface area contributed by atoms with Gasteiger partial charge in [-0.1, -0.05) is 0 Å². The van der Waals surface area contributed by atoms with Crippen molar-refractivity contribution in [3.63, 3.8) is 0 Å². The molecule has 2 nitrogen and oxygen atoms in total. The topological polar surface area (TPSA) is 30.0 Å². The van der Waals surface area contributed by atoms with E-state index in [4.69, 9.17) is 6.42 Å². The van der Waals surface area contributed by atoms with Gasteiger partial charge < -0.3 is 0 Å². The molecule has 0 spiro atoms. The van der Waals surface area contributed by atoms with E-state index in [1.54, 1.807) is 11.6 Å². The number of carbonyl (C=O) groups excluding carboxylic acids is 1. The van der Waals surface area contributed by atoms with Crippen molar-refractivity contribution < 1.29 is 4.79 Å². The van der Waals surface area contributed by atoms with E-state index in [2.05, 4.69) is 4.98 Å². The molecular formula is C6H3NOS. The monoisotopic (exact) mass is 137 g/mol. The maximum Gasteiger partial charge on any atom is 0.264 e. The molecule has 9 heavy (non-hydrogen) atoms. The molecule has 0 saturated carbocycles. The van der Waals surface area contributed by atoms with Crippen molar-refractivity contribution in [2.24, 2.45) is 0 Å². The lowest BCUT2D eigenvalue weighted by Gasteiger charge is -1.77. The predicted molar refractivity (Wildman–Crippen MR) is 35.3 cm³/mol. The second kappa shape index (κ2) is 2.42. The summed E-state index contributed by atoms with van der Waals surface area (Å²) in [7, 11) is 0. The molecule has 1 heterocycles. The van der Waals surface area contributed by atoms with E-state index >= 15 is 0 Å².